The van der Waals surface area contributed by atoms with Gasteiger partial charge in [-0.2, -0.15) is 4.99 Å². The molecule has 5 atom stereocenters. The van der Waals surface area contributed by atoms with E-state index in [0.29, 0.717) is 24.2 Å². The van der Waals surface area contributed by atoms with Gasteiger partial charge in [0.1, 0.15) is 18.8 Å². The van der Waals surface area contributed by atoms with Gasteiger partial charge in [0.15, 0.2) is 18.5 Å². The zero-order chi connectivity index (χ0) is 28.8. The van der Waals surface area contributed by atoms with Crippen molar-refractivity contribution in [1.82, 2.24) is 5.32 Å². The minimum absolute atomic E-state index is 0.184. The largest absolute Gasteiger partial charge is 0.463 e. The Morgan fingerprint density at radius 2 is 1.62 bits per heavy atom. The molecule has 1 aliphatic heterocycles. The molecule has 0 radical (unpaired) electrons. The molecule has 13 heteroatoms. The van der Waals surface area contributed by atoms with Crippen LogP contribution in [0.15, 0.2) is 29.3 Å². The van der Waals surface area contributed by atoms with Gasteiger partial charge in [0.25, 0.3) is 5.91 Å². The Kier molecular flexibility index (Phi) is 13.7. The normalized spacial score (nSPS) is 22.2. The lowest BCUT2D eigenvalue weighted by atomic mass is 9.98. The Hall–Kier alpha value is -3.22. The van der Waals surface area contributed by atoms with Crippen molar-refractivity contribution in [2.45, 2.75) is 77.2 Å². The van der Waals surface area contributed by atoms with Crippen molar-refractivity contribution < 1.29 is 48.0 Å². The van der Waals surface area contributed by atoms with Crippen LogP contribution in [0.3, 0.4) is 0 Å². The number of aliphatic hydroxyl groups is 1. The molecule has 0 saturated carbocycles. The number of benzene rings is 1. The summed E-state index contributed by atoms with van der Waals surface area (Å²) in [7, 11) is 0. The van der Waals surface area contributed by atoms with Crippen LogP contribution < -0.4 is 5.32 Å². The van der Waals surface area contributed by atoms with Gasteiger partial charge in [-0.15, -0.1) is 0 Å². The molecule has 0 bridgehead atoms. The standard InChI is InChI=1S/C26H34N2O10S/c1-16(29)35-14-21-23(36-17(2)30)22(32)24(37-18(3)31)26(38-21)34-13-7-5-4-6-12-27-25(33)19-8-10-20(11-9-19)28-15-39/h8-11,21-24,26,32H,4-7,12-14H2,1-3H3,(H,27,33)/t21-,22+,23-,24+,26+/m1/s1. The van der Waals surface area contributed by atoms with Crippen LogP contribution >= 0.6 is 12.2 Å². The Bertz CT molecular complexity index is 1030. The van der Waals surface area contributed by atoms with Gasteiger partial charge in [-0.1, -0.05) is 12.8 Å². The van der Waals surface area contributed by atoms with Crippen molar-refractivity contribution in [2.24, 2.45) is 4.99 Å². The fourth-order valence-corrected chi connectivity index (χ4v) is 3.95. The van der Waals surface area contributed by atoms with Gasteiger partial charge in [0, 0.05) is 39.5 Å². The fourth-order valence-electron chi connectivity index (χ4n) is 3.84. The molecule has 0 aliphatic carbocycles. The zero-order valence-corrected chi connectivity index (χ0v) is 22.9. The molecule has 2 rings (SSSR count). The number of hydrogen-bond acceptors (Lipinski definition) is 12. The quantitative estimate of drug-likeness (QED) is 0.112. The van der Waals surface area contributed by atoms with E-state index in [4.69, 9.17) is 23.7 Å². The van der Waals surface area contributed by atoms with E-state index >= 15 is 0 Å². The molecule has 2 N–H and O–H groups in total. The average molecular weight is 567 g/mol. The lowest BCUT2D eigenvalue weighted by molar-refractivity contribution is -0.306. The summed E-state index contributed by atoms with van der Waals surface area (Å²) in [6.07, 6.45) is -3.19. The van der Waals surface area contributed by atoms with Gasteiger partial charge < -0.3 is 34.1 Å². The molecule has 1 aromatic carbocycles. The van der Waals surface area contributed by atoms with Gasteiger partial charge in [-0.3, -0.25) is 19.2 Å². The second-order valence-corrected chi connectivity index (χ2v) is 8.96. The molecule has 1 aromatic rings. The molecule has 1 heterocycles. The highest BCUT2D eigenvalue weighted by atomic mass is 32.1. The number of aliphatic imine (C=N–C) groups is 1. The van der Waals surface area contributed by atoms with Crippen molar-refractivity contribution in [3.63, 3.8) is 0 Å². The first-order chi connectivity index (χ1) is 18.6. The van der Waals surface area contributed by atoms with Gasteiger partial charge >= 0.3 is 17.9 Å². The first kappa shape index (κ1) is 32.0. The molecule has 39 heavy (non-hydrogen) atoms. The molecule has 0 aromatic heterocycles. The van der Waals surface area contributed by atoms with Gasteiger partial charge in [-0.25, -0.2) is 0 Å². The predicted molar refractivity (Wildman–Crippen MR) is 140 cm³/mol. The number of nitrogens with one attached hydrogen (secondary N) is 1. The number of carbonyl (C=O) groups is 4. The zero-order valence-electron chi connectivity index (χ0n) is 22.1. The second-order valence-electron chi connectivity index (χ2n) is 8.78. The number of aliphatic hydroxyl groups excluding tert-OH is 1. The maximum Gasteiger partial charge on any atom is 0.303 e. The van der Waals surface area contributed by atoms with E-state index in [1.807, 2.05) is 0 Å². The number of ether oxygens (including phenoxy) is 5. The summed E-state index contributed by atoms with van der Waals surface area (Å²) < 4.78 is 26.9. The van der Waals surface area contributed by atoms with E-state index in [-0.39, 0.29) is 19.1 Å². The number of amides is 1. The number of esters is 3. The van der Waals surface area contributed by atoms with E-state index in [9.17, 15) is 24.3 Å². The summed E-state index contributed by atoms with van der Waals surface area (Å²) >= 11 is 4.56. The van der Waals surface area contributed by atoms with Crippen LogP contribution in [-0.2, 0) is 38.1 Å². The van der Waals surface area contributed by atoms with Gasteiger partial charge in [0.2, 0.25) is 0 Å². The number of carbonyl (C=O) groups excluding carboxylic acids is 4. The molecular formula is C26H34N2O10S. The Balaban J connectivity index is 1.79. The molecule has 1 saturated heterocycles. The maximum absolute atomic E-state index is 12.2. The third-order valence-corrected chi connectivity index (χ3v) is 5.71. The number of thiocarbonyl (C=S) groups is 1. The SMILES string of the molecule is CC(=O)OC[C@H]1O[C@H](OCCCCCCNC(=O)c2ccc(N=C=S)cc2)[C@@H](OC(C)=O)[C@@H](O)[C@@H]1OC(C)=O. The summed E-state index contributed by atoms with van der Waals surface area (Å²) in [5, 5.41) is 15.9. The molecular weight excluding hydrogens is 532 g/mol. The van der Waals surface area contributed by atoms with Crippen molar-refractivity contribution in [3.8, 4) is 0 Å². The number of rotatable bonds is 14. The maximum atomic E-state index is 12.2. The lowest BCUT2D eigenvalue weighted by Crippen LogP contribution is -2.61. The summed E-state index contributed by atoms with van der Waals surface area (Å²) in [5.41, 5.74) is 1.15. The highest BCUT2D eigenvalue weighted by Crippen LogP contribution is 2.27. The van der Waals surface area contributed by atoms with E-state index in [0.717, 1.165) is 26.2 Å². The lowest BCUT2D eigenvalue weighted by Gasteiger charge is -2.42. The smallest absolute Gasteiger partial charge is 0.303 e. The number of unbranched alkanes of at least 4 members (excludes halogenated alkanes) is 3. The molecule has 12 nitrogen and oxygen atoms in total. The fraction of sp³-hybridized carbons (Fsp3) is 0.577. The molecule has 214 valence electrons. The van der Waals surface area contributed by atoms with Crippen LogP contribution in [0.25, 0.3) is 0 Å². The second kappa shape index (κ2) is 16.7. The third kappa shape index (κ3) is 11.2. The van der Waals surface area contributed by atoms with Gasteiger partial charge in [0.05, 0.1) is 10.8 Å². The average Bonchev–Trinajstić information content (AvgIpc) is 2.88. The summed E-state index contributed by atoms with van der Waals surface area (Å²) in [4.78, 5) is 50.5. The Morgan fingerprint density at radius 3 is 2.23 bits per heavy atom. The van der Waals surface area contributed by atoms with Crippen LogP contribution in [0.2, 0.25) is 0 Å². The number of nitrogens with zero attached hydrogens (tertiary/aromatic N) is 1. The minimum atomic E-state index is -1.47. The first-order valence-corrected chi connectivity index (χ1v) is 12.9. The van der Waals surface area contributed by atoms with E-state index in [1.54, 1.807) is 24.3 Å². The molecule has 1 aliphatic rings. The highest BCUT2D eigenvalue weighted by molar-refractivity contribution is 7.78. The molecule has 1 amide bonds. The molecule has 0 spiro atoms. The molecule has 1 fully saturated rings. The van der Waals surface area contributed by atoms with Crippen LogP contribution in [0.5, 0.6) is 0 Å². The number of hydrogen-bond donors (Lipinski definition) is 2. The topological polar surface area (TPSA) is 159 Å². The van der Waals surface area contributed by atoms with E-state index in [2.05, 4.69) is 27.7 Å². The van der Waals surface area contributed by atoms with Crippen LogP contribution in [0.1, 0.15) is 56.8 Å². The third-order valence-electron chi connectivity index (χ3n) is 5.61. The Labute approximate surface area is 232 Å². The molecule has 0 unspecified atom stereocenters. The predicted octanol–water partition coefficient (Wildman–Crippen LogP) is 2.24. The van der Waals surface area contributed by atoms with Crippen molar-refractivity contribution in [3.05, 3.63) is 29.8 Å². The van der Waals surface area contributed by atoms with Crippen molar-refractivity contribution in [2.75, 3.05) is 19.8 Å². The van der Waals surface area contributed by atoms with Crippen LogP contribution in [-0.4, -0.2) is 84.5 Å². The first-order valence-electron chi connectivity index (χ1n) is 12.5. The van der Waals surface area contributed by atoms with Crippen LogP contribution in [0, 0.1) is 0 Å². The van der Waals surface area contributed by atoms with E-state index < -0.39 is 48.6 Å². The van der Waals surface area contributed by atoms with Crippen molar-refractivity contribution in [1.29, 1.82) is 0 Å². The Morgan fingerprint density at radius 1 is 0.974 bits per heavy atom. The minimum Gasteiger partial charge on any atom is -0.463 e. The van der Waals surface area contributed by atoms with Gasteiger partial charge in [-0.05, 0) is 49.3 Å². The van der Waals surface area contributed by atoms with E-state index in [1.165, 1.54) is 13.8 Å². The highest BCUT2D eigenvalue weighted by Gasteiger charge is 2.50. The van der Waals surface area contributed by atoms with Crippen LogP contribution in [0.4, 0.5) is 5.69 Å². The monoisotopic (exact) mass is 566 g/mol. The summed E-state index contributed by atoms with van der Waals surface area (Å²) in [5.74, 6) is -2.14. The number of isothiocyanates is 1. The summed E-state index contributed by atoms with van der Waals surface area (Å²) in [6, 6.07) is 6.70. The van der Waals surface area contributed by atoms with Crippen molar-refractivity contribution >= 4 is 46.9 Å². The summed E-state index contributed by atoms with van der Waals surface area (Å²) in [6.45, 7) is 3.95.